The van der Waals surface area contributed by atoms with Gasteiger partial charge in [0, 0.05) is 11.8 Å². The van der Waals surface area contributed by atoms with Crippen LogP contribution in [0.25, 0.3) is 11.1 Å². The molecule has 0 unspecified atom stereocenters. The van der Waals surface area contributed by atoms with Gasteiger partial charge in [0.05, 0.1) is 19.8 Å². The van der Waals surface area contributed by atoms with Crippen molar-refractivity contribution >= 4 is 0 Å². The van der Waals surface area contributed by atoms with E-state index in [0.29, 0.717) is 17.2 Å². The van der Waals surface area contributed by atoms with Gasteiger partial charge in [-0.1, -0.05) is 6.07 Å². The molecule has 1 aromatic carbocycles. The number of hydrogen-bond donors (Lipinski definition) is 0. The lowest BCUT2D eigenvalue weighted by atomic mass is 10.0. The van der Waals surface area contributed by atoms with Crippen LogP contribution in [0.2, 0.25) is 0 Å². The van der Waals surface area contributed by atoms with Gasteiger partial charge in [-0.25, -0.2) is 4.98 Å². The molecule has 0 N–H and O–H groups in total. The Bertz CT molecular complexity index is 603. The zero-order valence-corrected chi connectivity index (χ0v) is 10.2. The van der Waals surface area contributed by atoms with Crippen molar-refractivity contribution in [3.8, 4) is 28.8 Å². The molecule has 2 aromatic rings. The first-order valence-electron chi connectivity index (χ1n) is 5.37. The maximum atomic E-state index is 8.94. The lowest BCUT2D eigenvalue weighted by Gasteiger charge is -2.09. The number of rotatable bonds is 3. The Labute approximate surface area is 105 Å². The molecule has 0 spiro atoms. The standard InChI is InChI=1S/C14H12N2O2/c1-17-13-8-10(5-6-11(13)9-15)12-4-3-7-16-14(12)18-2/h3-8H,1-2H3. The van der Waals surface area contributed by atoms with Crippen LogP contribution >= 0.6 is 0 Å². The van der Waals surface area contributed by atoms with E-state index in [4.69, 9.17) is 14.7 Å². The fourth-order valence-corrected chi connectivity index (χ4v) is 1.72. The molecule has 0 saturated heterocycles. The summed E-state index contributed by atoms with van der Waals surface area (Å²) in [7, 11) is 3.12. The molecule has 0 aliphatic rings. The summed E-state index contributed by atoms with van der Waals surface area (Å²) in [6.07, 6.45) is 1.67. The van der Waals surface area contributed by atoms with Crippen LogP contribution < -0.4 is 9.47 Å². The summed E-state index contributed by atoms with van der Waals surface area (Å²) >= 11 is 0. The van der Waals surface area contributed by atoms with E-state index in [1.165, 1.54) is 0 Å². The minimum Gasteiger partial charge on any atom is -0.495 e. The normalized spacial score (nSPS) is 9.61. The van der Waals surface area contributed by atoms with Crippen LogP contribution in [0.15, 0.2) is 36.5 Å². The Balaban J connectivity index is 2.55. The zero-order valence-electron chi connectivity index (χ0n) is 10.2. The topological polar surface area (TPSA) is 55.1 Å². The summed E-state index contributed by atoms with van der Waals surface area (Å²) in [6.45, 7) is 0. The van der Waals surface area contributed by atoms with Gasteiger partial charge in [-0.3, -0.25) is 0 Å². The molecular formula is C14H12N2O2. The molecule has 2 rings (SSSR count). The molecule has 0 radical (unpaired) electrons. The van der Waals surface area contributed by atoms with Crippen LogP contribution in [0.4, 0.5) is 0 Å². The largest absolute Gasteiger partial charge is 0.495 e. The van der Waals surface area contributed by atoms with Gasteiger partial charge in [-0.15, -0.1) is 0 Å². The van der Waals surface area contributed by atoms with Crippen molar-refractivity contribution in [3.63, 3.8) is 0 Å². The van der Waals surface area contributed by atoms with Crippen LogP contribution in [0.1, 0.15) is 5.56 Å². The van der Waals surface area contributed by atoms with E-state index in [1.807, 2.05) is 18.2 Å². The molecule has 0 aliphatic carbocycles. The monoisotopic (exact) mass is 240 g/mol. The Morgan fingerprint density at radius 2 is 2.00 bits per heavy atom. The van der Waals surface area contributed by atoms with Crippen molar-refractivity contribution in [2.24, 2.45) is 0 Å². The predicted octanol–water partition coefficient (Wildman–Crippen LogP) is 2.64. The fraction of sp³-hybridized carbons (Fsp3) is 0.143. The van der Waals surface area contributed by atoms with E-state index >= 15 is 0 Å². The van der Waals surface area contributed by atoms with Gasteiger partial charge in [0.1, 0.15) is 11.8 Å². The molecule has 0 bridgehead atoms. The minimum absolute atomic E-state index is 0.504. The summed E-state index contributed by atoms with van der Waals surface area (Å²) in [4.78, 5) is 4.14. The van der Waals surface area contributed by atoms with Crippen molar-refractivity contribution in [3.05, 3.63) is 42.1 Å². The number of ether oxygens (including phenoxy) is 2. The molecular weight excluding hydrogens is 228 g/mol. The highest BCUT2D eigenvalue weighted by molar-refractivity contribution is 5.71. The smallest absolute Gasteiger partial charge is 0.221 e. The van der Waals surface area contributed by atoms with E-state index in [-0.39, 0.29) is 0 Å². The van der Waals surface area contributed by atoms with Crippen molar-refractivity contribution in [1.29, 1.82) is 5.26 Å². The number of aromatic nitrogens is 1. The zero-order chi connectivity index (χ0) is 13.0. The van der Waals surface area contributed by atoms with Gasteiger partial charge >= 0.3 is 0 Å². The maximum Gasteiger partial charge on any atom is 0.221 e. The number of pyridine rings is 1. The quantitative estimate of drug-likeness (QED) is 0.827. The van der Waals surface area contributed by atoms with Gasteiger partial charge in [0.25, 0.3) is 0 Å². The Kier molecular flexibility index (Phi) is 3.44. The number of nitrogens with zero attached hydrogens (tertiary/aromatic N) is 2. The number of nitriles is 1. The highest BCUT2D eigenvalue weighted by atomic mass is 16.5. The van der Waals surface area contributed by atoms with Gasteiger partial charge in [-0.2, -0.15) is 5.26 Å². The van der Waals surface area contributed by atoms with Gasteiger partial charge in [0.2, 0.25) is 5.88 Å². The molecule has 0 saturated carbocycles. The lowest BCUT2D eigenvalue weighted by Crippen LogP contribution is -1.93. The second kappa shape index (κ2) is 5.19. The Morgan fingerprint density at radius 3 is 2.67 bits per heavy atom. The first-order chi connectivity index (χ1) is 8.80. The summed E-state index contributed by atoms with van der Waals surface area (Å²) in [5.74, 6) is 1.09. The SMILES string of the molecule is COc1cc(-c2cccnc2OC)ccc1C#N. The second-order valence-electron chi connectivity index (χ2n) is 3.59. The Hall–Kier alpha value is -2.54. The van der Waals surface area contributed by atoms with E-state index in [1.54, 1.807) is 32.5 Å². The highest BCUT2D eigenvalue weighted by Gasteiger charge is 2.09. The second-order valence-corrected chi connectivity index (χ2v) is 3.59. The summed E-state index contributed by atoms with van der Waals surface area (Å²) in [5, 5.41) is 8.94. The molecule has 1 heterocycles. The molecule has 4 nitrogen and oxygen atoms in total. The van der Waals surface area contributed by atoms with Crippen molar-refractivity contribution < 1.29 is 9.47 Å². The molecule has 1 aromatic heterocycles. The molecule has 0 amide bonds. The van der Waals surface area contributed by atoms with E-state index in [9.17, 15) is 0 Å². The van der Waals surface area contributed by atoms with Crippen molar-refractivity contribution in [2.45, 2.75) is 0 Å². The van der Waals surface area contributed by atoms with Gasteiger partial charge < -0.3 is 9.47 Å². The fourth-order valence-electron chi connectivity index (χ4n) is 1.72. The minimum atomic E-state index is 0.504. The molecule has 18 heavy (non-hydrogen) atoms. The van der Waals surface area contributed by atoms with Crippen LogP contribution in [0.3, 0.4) is 0 Å². The predicted molar refractivity (Wildman–Crippen MR) is 67.5 cm³/mol. The molecule has 0 aliphatic heterocycles. The number of hydrogen-bond acceptors (Lipinski definition) is 4. The Morgan fingerprint density at radius 1 is 1.17 bits per heavy atom. The van der Waals surface area contributed by atoms with Crippen molar-refractivity contribution in [1.82, 2.24) is 4.98 Å². The highest BCUT2D eigenvalue weighted by Crippen LogP contribution is 2.31. The lowest BCUT2D eigenvalue weighted by molar-refractivity contribution is 0.399. The molecule has 0 fully saturated rings. The van der Waals surface area contributed by atoms with Crippen LogP contribution in [-0.2, 0) is 0 Å². The third kappa shape index (κ3) is 2.11. The average Bonchev–Trinajstić information content (AvgIpc) is 2.46. The first-order valence-corrected chi connectivity index (χ1v) is 5.37. The summed E-state index contributed by atoms with van der Waals surface area (Å²) in [6, 6.07) is 11.2. The third-order valence-electron chi connectivity index (χ3n) is 2.60. The van der Waals surface area contributed by atoms with Gasteiger partial charge in [-0.05, 0) is 29.8 Å². The summed E-state index contributed by atoms with van der Waals surface area (Å²) < 4.78 is 10.4. The molecule has 0 atom stereocenters. The van der Waals surface area contributed by atoms with Crippen LogP contribution in [0.5, 0.6) is 11.6 Å². The molecule has 4 heteroatoms. The third-order valence-corrected chi connectivity index (χ3v) is 2.60. The van der Waals surface area contributed by atoms with Crippen LogP contribution in [-0.4, -0.2) is 19.2 Å². The first kappa shape index (κ1) is 11.9. The number of benzene rings is 1. The van der Waals surface area contributed by atoms with Gasteiger partial charge in [0.15, 0.2) is 0 Å². The average molecular weight is 240 g/mol. The van der Waals surface area contributed by atoms with Crippen molar-refractivity contribution in [2.75, 3.05) is 14.2 Å². The number of methoxy groups -OCH3 is 2. The maximum absolute atomic E-state index is 8.94. The van der Waals surface area contributed by atoms with E-state index in [2.05, 4.69) is 11.1 Å². The van der Waals surface area contributed by atoms with E-state index < -0.39 is 0 Å². The summed E-state index contributed by atoms with van der Waals surface area (Å²) in [5.41, 5.74) is 2.27. The van der Waals surface area contributed by atoms with E-state index in [0.717, 1.165) is 11.1 Å². The van der Waals surface area contributed by atoms with Crippen LogP contribution in [0, 0.1) is 11.3 Å². The molecule has 90 valence electrons.